The van der Waals surface area contributed by atoms with Crippen molar-refractivity contribution in [3.05, 3.63) is 65.1 Å². The lowest BCUT2D eigenvalue weighted by Crippen LogP contribution is -1.97. The predicted molar refractivity (Wildman–Crippen MR) is 101 cm³/mol. The maximum atomic E-state index is 4.84. The van der Waals surface area contributed by atoms with Gasteiger partial charge in [-0.2, -0.15) is 0 Å². The Balaban J connectivity index is 1.55. The summed E-state index contributed by atoms with van der Waals surface area (Å²) in [5.41, 5.74) is 7.18. The molecule has 0 aliphatic carbocycles. The highest BCUT2D eigenvalue weighted by Gasteiger charge is 2.20. The van der Waals surface area contributed by atoms with Gasteiger partial charge in [-0.15, -0.1) is 5.10 Å². The number of hydrogen-bond donors (Lipinski definition) is 0. The maximum absolute atomic E-state index is 4.84. The van der Waals surface area contributed by atoms with E-state index in [2.05, 4.69) is 50.1 Å². The van der Waals surface area contributed by atoms with Crippen LogP contribution >= 0.6 is 0 Å². The van der Waals surface area contributed by atoms with Crippen molar-refractivity contribution in [1.29, 1.82) is 0 Å². The van der Waals surface area contributed by atoms with Gasteiger partial charge < -0.3 is 4.57 Å². The smallest absolute Gasteiger partial charge is 0.177 e. The number of benzene rings is 1. The Morgan fingerprint density at radius 3 is 2.85 bits per heavy atom. The highest BCUT2D eigenvalue weighted by molar-refractivity contribution is 5.78. The predicted octanol–water partition coefficient (Wildman–Crippen LogP) is 3.53. The first-order valence-corrected chi connectivity index (χ1v) is 8.63. The lowest BCUT2D eigenvalue weighted by atomic mass is 10.1. The van der Waals surface area contributed by atoms with Crippen molar-refractivity contribution in [2.24, 2.45) is 0 Å². The molecule has 0 unspecified atom stereocenters. The molecule has 4 aromatic rings. The van der Waals surface area contributed by atoms with Crippen molar-refractivity contribution in [2.75, 3.05) is 0 Å². The van der Waals surface area contributed by atoms with E-state index in [0.717, 1.165) is 40.7 Å². The number of aryl methyl sites for hydroxylation is 2. The Bertz CT molecular complexity index is 1160. The second-order valence-corrected chi connectivity index (χ2v) is 6.75. The van der Waals surface area contributed by atoms with Gasteiger partial charge in [0.25, 0.3) is 0 Å². The normalized spacial score (nSPS) is 13.3. The number of hydrogen-bond acceptors (Lipinski definition) is 4. The highest BCUT2D eigenvalue weighted by Crippen LogP contribution is 2.32. The standard InChI is InChI=1S/C20H18N6/c1-12(8-18-23-19-14(3)21-9-13(2)26(19)24-18)17-11-25-10-15-6-4-5-7-16(15)20(25)22-17/h4-9,11H,10H2,1-3H3/b12-8+. The quantitative estimate of drug-likeness (QED) is 0.492. The summed E-state index contributed by atoms with van der Waals surface area (Å²) in [6.07, 6.45) is 5.90. The van der Waals surface area contributed by atoms with E-state index in [1.54, 1.807) is 0 Å². The fourth-order valence-corrected chi connectivity index (χ4v) is 3.44. The van der Waals surface area contributed by atoms with Gasteiger partial charge in [0.15, 0.2) is 11.5 Å². The molecule has 1 aliphatic heterocycles. The molecule has 0 radical (unpaired) electrons. The second-order valence-electron chi connectivity index (χ2n) is 6.75. The zero-order valence-corrected chi connectivity index (χ0v) is 14.9. The average Bonchev–Trinajstić information content (AvgIpc) is 3.30. The molecule has 0 atom stereocenters. The Morgan fingerprint density at radius 1 is 1.15 bits per heavy atom. The van der Waals surface area contributed by atoms with Crippen molar-refractivity contribution < 1.29 is 0 Å². The Hall–Kier alpha value is -3.28. The van der Waals surface area contributed by atoms with Crippen LogP contribution in [0.25, 0.3) is 28.7 Å². The van der Waals surface area contributed by atoms with E-state index < -0.39 is 0 Å². The van der Waals surface area contributed by atoms with Crippen LogP contribution in [0.3, 0.4) is 0 Å². The van der Waals surface area contributed by atoms with Crippen LogP contribution in [0, 0.1) is 13.8 Å². The minimum atomic E-state index is 0.676. The van der Waals surface area contributed by atoms with E-state index in [9.17, 15) is 0 Å². The molecule has 1 aromatic carbocycles. The molecule has 26 heavy (non-hydrogen) atoms. The molecule has 0 bridgehead atoms. The topological polar surface area (TPSA) is 60.9 Å². The van der Waals surface area contributed by atoms with E-state index in [4.69, 9.17) is 4.98 Å². The molecule has 6 heteroatoms. The summed E-state index contributed by atoms with van der Waals surface area (Å²) in [7, 11) is 0. The minimum Gasteiger partial charge on any atom is -0.326 e. The summed E-state index contributed by atoms with van der Waals surface area (Å²) in [6.45, 7) is 6.85. The lowest BCUT2D eigenvalue weighted by Gasteiger charge is -1.98. The lowest BCUT2D eigenvalue weighted by molar-refractivity contribution is 0.847. The van der Waals surface area contributed by atoms with Gasteiger partial charge in [-0.3, -0.25) is 4.98 Å². The van der Waals surface area contributed by atoms with Gasteiger partial charge in [0.05, 0.1) is 17.1 Å². The molecule has 0 amide bonds. The van der Waals surface area contributed by atoms with Crippen LogP contribution in [-0.2, 0) is 6.54 Å². The third kappa shape index (κ3) is 2.19. The third-order valence-electron chi connectivity index (χ3n) is 4.85. The van der Waals surface area contributed by atoms with E-state index in [1.807, 2.05) is 37.6 Å². The van der Waals surface area contributed by atoms with Gasteiger partial charge in [-0.25, -0.2) is 14.5 Å². The summed E-state index contributed by atoms with van der Waals surface area (Å²) in [4.78, 5) is 13.8. The number of nitrogens with zero attached hydrogens (tertiary/aromatic N) is 6. The van der Waals surface area contributed by atoms with E-state index in [-0.39, 0.29) is 0 Å². The van der Waals surface area contributed by atoms with Crippen LogP contribution in [0.5, 0.6) is 0 Å². The number of aromatic nitrogens is 6. The van der Waals surface area contributed by atoms with E-state index in [1.165, 1.54) is 11.1 Å². The first-order valence-electron chi connectivity index (χ1n) is 8.63. The van der Waals surface area contributed by atoms with Crippen LogP contribution in [0.2, 0.25) is 0 Å². The number of imidazole rings is 1. The SMILES string of the molecule is C/C(=C\c1nc2c(C)ncc(C)n2n1)c1cn2c(n1)-c1ccccc1C2. The Kier molecular flexibility index (Phi) is 3.09. The summed E-state index contributed by atoms with van der Waals surface area (Å²) in [5, 5.41) is 4.59. The molecule has 0 N–H and O–H groups in total. The summed E-state index contributed by atoms with van der Waals surface area (Å²) in [5.74, 6) is 1.71. The zero-order chi connectivity index (χ0) is 17.8. The molecule has 0 spiro atoms. The first kappa shape index (κ1) is 15.0. The maximum Gasteiger partial charge on any atom is 0.177 e. The van der Waals surface area contributed by atoms with Crippen molar-refractivity contribution in [2.45, 2.75) is 27.3 Å². The van der Waals surface area contributed by atoms with Gasteiger partial charge in [0, 0.05) is 24.5 Å². The van der Waals surface area contributed by atoms with Gasteiger partial charge in [-0.1, -0.05) is 24.3 Å². The molecule has 0 saturated heterocycles. The van der Waals surface area contributed by atoms with Crippen LogP contribution < -0.4 is 0 Å². The fourth-order valence-electron chi connectivity index (χ4n) is 3.44. The number of rotatable bonds is 2. The van der Waals surface area contributed by atoms with Gasteiger partial charge in [-0.05, 0) is 38.0 Å². The molecule has 0 fully saturated rings. The van der Waals surface area contributed by atoms with Crippen molar-refractivity contribution in [3.8, 4) is 11.4 Å². The first-order chi connectivity index (χ1) is 12.6. The molecular weight excluding hydrogens is 324 g/mol. The van der Waals surface area contributed by atoms with Crippen molar-refractivity contribution in [3.63, 3.8) is 0 Å². The summed E-state index contributed by atoms with van der Waals surface area (Å²) < 4.78 is 4.04. The van der Waals surface area contributed by atoms with Crippen LogP contribution in [0.4, 0.5) is 0 Å². The fraction of sp³-hybridized carbons (Fsp3) is 0.200. The Labute approximate surface area is 150 Å². The van der Waals surface area contributed by atoms with Crippen molar-refractivity contribution >= 4 is 17.3 Å². The second kappa shape index (κ2) is 5.36. The van der Waals surface area contributed by atoms with Crippen LogP contribution in [0.15, 0.2) is 36.7 Å². The summed E-state index contributed by atoms with van der Waals surface area (Å²) in [6, 6.07) is 8.42. The van der Waals surface area contributed by atoms with Crippen LogP contribution in [0.1, 0.15) is 35.4 Å². The molecule has 6 nitrogen and oxygen atoms in total. The van der Waals surface area contributed by atoms with Crippen LogP contribution in [-0.4, -0.2) is 29.1 Å². The molecule has 1 aliphatic rings. The number of fused-ring (bicyclic) bond motifs is 4. The molecule has 4 heterocycles. The molecule has 5 rings (SSSR count). The Morgan fingerprint density at radius 2 is 2.00 bits per heavy atom. The monoisotopic (exact) mass is 342 g/mol. The van der Waals surface area contributed by atoms with E-state index >= 15 is 0 Å². The third-order valence-corrected chi connectivity index (χ3v) is 4.85. The molecule has 128 valence electrons. The van der Waals surface area contributed by atoms with Crippen molar-refractivity contribution in [1.82, 2.24) is 29.1 Å². The van der Waals surface area contributed by atoms with Gasteiger partial charge in [0.1, 0.15) is 5.82 Å². The van der Waals surface area contributed by atoms with Gasteiger partial charge >= 0.3 is 0 Å². The number of allylic oxidation sites excluding steroid dienone is 1. The summed E-state index contributed by atoms with van der Waals surface area (Å²) >= 11 is 0. The molecule has 3 aromatic heterocycles. The largest absolute Gasteiger partial charge is 0.326 e. The average molecular weight is 342 g/mol. The molecular formula is C20H18N6. The highest BCUT2D eigenvalue weighted by atomic mass is 15.3. The van der Waals surface area contributed by atoms with Gasteiger partial charge in [0.2, 0.25) is 0 Å². The minimum absolute atomic E-state index is 0.676. The molecule has 0 saturated carbocycles. The zero-order valence-electron chi connectivity index (χ0n) is 14.9. The van der Waals surface area contributed by atoms with E-state index in [0.29, 0.717) is 5.82 Å².